The van der Waals surface area contributed by atoms with Crippen molar-refractivity contribution < 1.29 is 19.6 Å². The molecule has 0 spiro atoms. The molecule has 0 bridgehead atoms. The van der Waals surface area contributed by atoms with Crippen LogP contribution in [0.1, 0.15) is 22.3 Å². The monoisotopic (exact) mass is 435 g/mol. The summed E-state index contributed by atoms with van der Waals surface area (Å²) in [5.74, 6) is -0.335. The maximum atomic E-state index is 13.5. The number of ether oxygens (including phenoxy) is 1. The zero-order chi connectivity index (χ0) is 22.4. The lowest BCUT2D eigenvalue weighted by molar-refractivity contribution is -0.384. The number of nitro benzene ring substituents is 1. The van der Waals surface area contributed by atoms with Crippen LogP contribution >= 0.6 is 0 Å². The second kappa shape index (κ2) is 7.85. The van der Waals surface area contributed by atoms with Crippen LogP contribution in [0.2, 0.25) is 0 Å². The minimum absolute atomic E-state index is 0.0361. The third kappa shape index (κ3) is 3.26. The van der Waals surface area contributed by atoms with Gasteiger partial charge in [0.1, 0.15) is 5.75 Å². The van der Waals surface area contributed by atoms with Gasteiger partial charge in [-0.25, -0.2) is 0 Å². The van der Waals surface area contributed by atoms with Gasteiger partial charge >= 0.3 is 0 Å². The average Bonchev–Trinajstić information content (AvgIpc) is 3.08. The van der Waals surface area contributed by atoms with Gasteiger partial charge < -0.3 is 14.4 Å². The number of phenols is 1. The number of aromatic nitrogens is 1. The number of nitrogens with zero attached hydrogens (tertiary/aromatic N) is 3. The van der Waals surface area contributed by atoms with Gasteiger partial charge in [-0.05, 0) is 30.7 Å². The molecule has 2 aromatic carbocycles. The molecule has 1 saturated heterocycles. The highest BCUT2D eigenvalue weighted by molar-refractivity contribution is 6.26. The third-order valence-corrected chi connectivity index (χ3v) is 6.16. The smallest absolute Gasteiger partial charge is 0.270 e. The number of fused-ring (bicyclic) bond motifs is 5. The van der Waals surface area contributed by atoms with Crippen molar-refractivity contribution in [3.63, 3.8) is 0 Å². The van der Waals surface area contributed by atoms with E-state index in [2.05, 4.69) is 4.90 Å². The van der Waals surface area contributed by atoms with E-state index in [1.54, 1.807) is 10.6 Å². The molecule has 1 aliphatic heterocycles. The Bertz CT molecular complexity index is 1320. The highest BCUT2D eigenvalue weighted by Gasteiger charge is 2.33. The summed E-state index contributed by atoms with van der Waals surface area (Å²) >= 11 is 0. The van der Waals surface area contributed by atoms with Crippen LogP contribution in [0.3, 0.4) is 0 Å². The number of non-ortho nitro benzene ring substituents is 1. The molecule has 2 heterocycles. The van der Waals surface area contributed by atoms with E-state index in [1.807, 2.05) is 0 Å². The molecule has 9 nitrogen and oxygen atoms in total. The Hall–Kier alpha value is -3.56. The number of ketones is 1. The molecule has 32 heavy (non-hydrogen) atoms. The van der Waals surface area contributed by atoms with Crippen molar-refractivity contribution in [2.75, 3.05) is 32.8 Å². The van der Waals surface area contributed by atoms with Gasteiger partial charge in [-0.2, -0.15) is 0 Å². The number of aromatic hydroxyl groups is 1. The Balaban J connectivity index is 1.65. The largest absolute Gasteiger partial charge is 0.508 e. The second-order valence-corrected chi connectivity index (χ2v) is 8.03. The second-order valence-electron chi connectivity index (χ2n) is 8.03. The number of carbonyl (C=O) groups excluding carboxylic acids is 1. The molecule has 0 unspecified atom stereocenters. The van der Waals surface area contributed by atoms with Crippen molar-refractivity contribution in [3.05, 3.63) is 68.0 Å². The summed E-state index contributed by atoms with van der Waals surface area (Å²) in [5.41, 5.74) is 1.21. The third-order valence-electron chi connectivity index (χ3n) is 6.16. The van der Waals surface area contributed by atoms with Gasteiger partial charge in [0, 0.05) is 54.8 Å². The molecule has 5 rings (SSSR count). The Labute approximate surface area is 182 Å². The first kappa shape index (κ1) is 20.3. The van der Waals surface area contributed by atoms with Gasteiger partial charge in [0.2, 0.25) is 0 Å². The van der Waals surface area contributed by atoms with Gasteiger partial charge in [-0.3, -0.25) is 24.6 Å². The van der Waals surface area contributed by atoms with Crippen LogP contribution in [0.25, 0.3) is 22.0 Å². The quantitative estimate of drug-likeness (QED) is 0.378. The van der Waals surface area contributed by atoms with Crippen LogP contribution in [0, 0.1) is 10.1 Å². The molecule has 0 radical (unpaired) electrons. The van der Waals surface area contributed by atoms with E-state index in [4.69, 9.17) is 4.74 Å². The number of pyridine rings is 1. The molecule has 1 aliphatic carbocycles. The molecular weight excluding hydrogens is 414 g/mol. The summed E-state index contributed by atoms with van der Waals surface area (Å²) in [5, 5.41) is 21.7. The molecule has 1 N–H and O–H groups in total. The van der Waals surface area contributed by atoms with Crippen molar-refractivity contribution in [1.29, 1.82) is 0 Å². The summed E-state index contributed by atoms with van der Waals surface area (Å²) in [6, 6.07) is 8.54. The number of carbonyl (C=O) groups is 1. The van der Waals surface area contributed by atoms with E-state index in [0.29, 0.717) is 53.9 Å². The van der Waals surface area contributed by atoms with Gasteiger partial charge in [0.25, 0.3) is 11.2 Å². The summed E-state index contributed by atoms with van der Waals surface area (Å²) < 4.78 is 6.93. The van der Waals surface area contributed by atoms with Crippen molar-refractivity contribution in [2.24, 2.45) is 0 Å². The summed E-state index contributed by atoms with van der Waals surface area (Å²) in [4.78, 5) is 39.7. The van der Waals surface area contributed by atoms with Gasteiger partial charge in [-0.1, -0.05) is 0 Å². The fourth-order valence-corrected chi connectivity index (χ4v) is 4.61. The van der Waals surface area contributed by atoms with Crippen molar-refractivity contribution in [1.82, 2.24) is 9.47 Å². The highest BCUT2D eigenvalue weighted by Crippen LogP contribution is 2.41. The highest BCUT2D eigenvalue weighted by atomic mass is 16.6. The van der Waals surface area contributed by atoms with Crippen LogP contribution < -0.4 is 5.56 Å². The normalized spacial score (nSPS) is 15.7. The van der Waals surface area contributed by atoms with E-state index in [-0.39, 0.29) is 28.2 Å². The van der Waals surface area contributed by atoms with E-state index in [1.165, 1.54) is 30.3 Å². The number of phenolic OH excluding ortho intramolecular Hbond substituents is 1. The fourth-order valence-electron chi connectivity index (χ4n) is 4.61. The topological polar surface area (TPSA) is 115 Å². The Morgan fingerprint density at radius 3 is 2.53 bits per heavy atom. The molecule has 3 aromatic rings. The molecule has 2 aliphatic rings. The van der Waals surface area contributed by atoms with Crippen molar-refractivity contribution >= 4 is 22.2 Å². The van der Waals surface area contributed by atoms with Crippen LogP contribution in [-0.4, -0.2) is 58.1 Å². The maximum Gasteiger partial charge on any atom is 0.270 e. The minimum Gasteiger partial charge on any atom is -0.508 e. The lowest BCUT2D eigenvalue weighted by Gasteiger charge is -2.26. The SMILES string of the molecule is O=C1c2cc(O)ccc2-c2c1c1ccc([N+](=O)[O-])cc1c(=O)n2CCCN1CCOCC1. The number of hydrogen-bond acceptors (Lipinski definition) is 7. The molecule has 9 heteroatoms. The number of nitro groups is 1. The summed E-state index contributed by atoms with van der Waals surface area (Å²) in [6.45, 7) is 4.16. The Morgan fingerprint density at radius 1 is 1.00 bits per heavy atom. The molecule has 0 saturated carbocycles. The van der Waals surface area contributed by atoms with Gasteiger partial charge in [-0.15, -0.1) is 0 Å². The standard InChI is InChI=1S/C23H21N3O6/c27-15-3-5-17-18(13-15)22(28)20-16-4-2-14(26(30)31)12-19(16)23(29)25(21(17)20)7-1-6-24-8-10-32-11-9-24/h2-5,12-13,27H,1,6-11H2. The molecule has 0 atom stereocenters. The van der Waals surface area contributed by atoms with E-state index in [9.17, 15) is 24.8 Å². The van der Waals surface area contributed by atoms with Gasteiger partial charge in [0.15, 0.2) is 5.78 Å². The Kier molecular flexibility index (Phi) is 4.99. The number of rotatable bonds is 5. The molecule has 1 aromatic heterocycles. The number of morpholine rings is 1. The molecule has 164 valence electrons. The number of benzene rings is 2. The van der Waals surface area contributed by atoms with E-state index < -0.39 is 4.92 Å². The van der Waals surface area contributed by atoms with Crippen LogP contribution in [0.5, 0.6) is 5.75 Å². The van der Waals surface area contributed by atoms with Crippen molar-refractivity contribution in [3.8, 4) is 17.0 Å². The van der Waals surface area contributed by atoms with Crippen LogP contribution in [0.4, 0.5) is 5.69 Å². The van der Waals surface area contributed by atoms with E-state index in [0.717, 1.165) is 19.6 Å². The minimum atomic E-state index is -0.552. The maximum absolute atomic E-state index is 13.5. The molecular formula is C23H21N3O6. The Morgan fingerprint density at radius 2 is 1.78 bits per heavy atom. The average molecular weight is 435 g/mol. The first-order valence-corrected chi connectivity index (χ1v) is 10.5. The first-order valence-electron chi connectivity index (χ1n) is 10.5. The first-order chi connectivity index (χ1) is 15.5. The fraction of sp³-hybridized carbons (Fsp3) is 0.304. The molecule has 0 amide bonds. The predicted molar refractivity (Wildman–Crippen MR) is 117 cm³/mol. The van der Waals surface area contributed by atoms with E-state index >= 15 is 0 Å². The zero-order valence-electron chi connectivity index (χ0n) is 17.2. The lowest BCUT2D eigenvalue weighted by atomic mass is 10.0. The summed E-state index contributed by atoms with van der Waals surface area (Å²) in [7, 11) is 0. The lowest BCUT2D eigenvalue weighted by Crippen LogP contribution is -2.37. The van der Waals surface area contributed by atoms with Gasteiger partial charge in [0.05, 0.1) is 34.8 Å². The van der Waals surface area contributed by atoms with Crippen LogP contribution in [0.15, 0.2) is 41.2 Å². The predicted octanol–water partition coefficient (Wildman–Crippen LogP) is 2.55. The zero-order valence-corrected chi connectivity index (χ0v) is 17.2. The van der Waals surface area contributed by atoms with Crippen LogP contribution in [-0.2, 0) is 11.3 Å². The summed E-state index contributed by atoms with van der Waals surface area (Å²) in [6.07, 6.45) is 0.675. The molecule has 1 fully saturated rings. The van der Waals surface area contributed by atoms with Crippen molar-refractivity contribution in [2.45, 2.75) is 13.0 Å². The number of hydrogen-bond donors (Lipinski definition) is 1.